The van der Waals surface area contributed by atoms with Gasteiger partial charge in [-0.2, -0.15) is 0 Å². The minimum Gasteiger partial charge on any atom is -0.355 e. The van der Waals surface area contributed by atoms with E-state index in [0.29, 0.717) is 6.54 Å². The Kier molecular flexibility index (Phi) is 4.02. The van der Waals surface area contributed by atoms with Gasteiger partial charge in [0.15, 0.2) is 10.8 Å². The van der Waals surface area contributed by atoms with Gasteiger partial charge in [0.25, 0.3) is 0 Å². The summed E-state index contributed by atoms with van der Waals surface area (Å²) >= 11 is 1.43. The lowest BCUT2D eigenvalue weighted by atomic mass is 10.1. The molecule has 2 heterocycles. The van der Waals surface area contributed by atoms with E-state index in [0.717, 1.165) is 16.3 Å². The van der Waals surface area contributed by atoms with Crippen LogP contribution in [0.3, 0.4) is 0 Å². The molecule has 0 fully saturated rings. The SMILES string of the molecule is CCNC(=O)C(C)Sc1nnc2cc(C)c3ccccc3n12. The molecule has 0 radical (unpaired) electrons. The number of thioether (sulfide) groups is 1. The van der Waals surface area contributed by atoms with Crippen molar-refractivity contribution in [2.75, 3.05) is 6.54 Å². The number of aryl methyl sites for hydroxylation is 1. The fourth-order valence-electron chi connectivity index (χ4n) is 2.48. The lowest BCUT2D eigenvalue weighted by Gasteiger charge is -2.11. The monoisotopic (exact) mass is 314 g/mol. The quantitative estimate of drug-likeness (QED) is 0.752. The van der Waals surface area contributed by atoms with Crippen LogP contribution in [0, 0.1) is 6.92 Å². The fraction of sp³-hybridized carbons (Fsp3) is 0.312. The summed E-state index contributed by atoms with van der Waals surface area (Å²) in [5.74, 6) is 0.0145. The molecule has 0 aliphatic carbocycles. The third kappa shape index (κ3) is 2.54. The van der Waals surface area contributed by atoms with Crippen molar-refractivity contribution < 1.29 is 4.79 Å². The van der Waals surface area contributed by atoms with Crippen LogP contribution in [0.5, 0.6) is 0 Å². The highest BCUT2D eigenvalue weighted by atomic mass is 32.2. The molecule has 1 atom stereocenters. The minimum atomic E-state index is -0.215. The second-order valence-corrected chi connectivity index (χ2v) is 6.48. The number of aromatic nitrogens is 3. The van der Waals surface area contributed by atoms with Gasteiger partial charge in [0.2, 0.25) is 5.91 Å². The van der Waals surface area contributed by atoms with Crippen LogP contribution in [0.4, 0.5) is 0 Å². The Morgan fingerprint density at radius 3 is 2.91 bits per heavy atom. The summed E-state index contributed by atoms with van der Waals surface area (Å²) in [7, 11) is 0. The lowest BCUT2D eigenvalue weighted by Crippen LogP contribution is -2.30. The largest absolute Gasteiger partial charge is 0.355 e. The molecular formula is C16H18N4OS. The number of pyridine rings is 1. The highest BCUT2D eigenvalue weighted by molar-refractivity contribution is 8.00. The van der Waals surface area contributed by atoms with Gasteiger partial charge < -0.3 is 5.32 Å². The summed E-state index contributed by atoms with van der Waals surface area (Å²) in [5, 5.41) is 13.0. The fourth-order valence-corrected chi connectivity index (χ4v) is 3.37. The van der Waals surface area contributed by atoms with Crippen LogP contribution in [0.25, 0.3) is 16.6 Å². The van der Waals surface area contributed by atoms with E-state index in [1.165, 1.54) is 22.7 Å². The topological polar surface area (TPSA) is 59.3 Å². The van der Waals surface area contributed by atoms with E-state index < -0.39 is 0 Å². The predicted octanol–water partition coefficient (Wildman–Crippen LogP) is 2.81. The summed E-state index contributed by atoms with van der Waals surface area (Å²) in [6, 6.07) is 10.2. The molecular weight excluding hydrogens is 296 g/mol. The molecule has 0 saturated carbocycles. The van der Waals surface area contributed by atoms with Gasteiger partial charge in [-0.15, -0.1) is 10.2 Å². The van der Waals surface area contributed by atoms with Gasteiger partial charge >= 0.3 is 0 Å². The zero-order chi connectivity index (χ0) is 15.7. The van der Waals surface area contributed by atoms with Crippen molar-refractivity contribution in [1.29, 1.82) is 0 Å². The van der Waals surface area contributed by atoms with Gasteiger partial charge in [-0.25, -0.2) is 0 Å². The first-order valence-corrected chi connectivity index (χ1v) is 8.17. The number of carbonyl (C=O) groups excluding carboxylic acids is 1. The van der Waals surface area contributed by atoms with Crippen LogP contribution in [-0.4, -0.2) is 32.3 Å². The van der Waals surface area contributed by atoms with Crippen molar-refractivity contribution in [3.63, 3.8) is 0 Å². The Morgan fingerprint density at radius 1 is 1.36 bits per heavy atom. The van der Waals surface area contributed by atoms with Crippen LogP contribution in [0.15, 0.2) is 35.5 Å². The number of fused-ring (bicyclic) bond motifs is 3. The van der Waals surface area contributed by atoms with Gasteiger partial charge in [0.1, 0.15) is 0 Å². The molecule has 0 saturated heterocycles. The maximum Gasteiger partial charge on any atom is 0.233 e. The first-order chi connectivity index (χ1) is 10.6. The molecule has 0 aliphatic rings. The van der Waals surface area contributed by atoms with Crippen LogP contribution in [-0.2, 0) is 4.79 Å². The highest BCUT2D eigenvalue weighted by Crippen LogP contribution is 2.27. The third-order valence-electron chi connectivity index (χ3n) is 3.58. The van der Waals surface area contributed by atoms with Gasteiger partial charge in [-0.05, 0) is 38.5 Å². The highest BCUT2D eigenvalue weighted by Gasteiger charge is 2.18. The number of para-hydroxylation sites is 1. The molecule has 1 unspecified atom stereocenters. The van der Waals surface area contributed by atoms with E-state index in [2.05, 4.69) is 34.6 Å². The molecule has 2 aromatic heterocycles. The number of amides is 1. The molecule has 3 rings (SSSR count). The number of hydrogen-bond donors (Lipinski definition) is 1. The number of benzene rings is 1. The molecule has 1 N–H and O–H groups in total. The van der Waals surface area contributed by atoms with Crippen LogP contribution in [0.2, 0.25) is 0 Å². The molecule has 1 amide bonds. The molecule has 22 heavy (non-hydrogen) atoms. The minimum absolute atomic E-state index is 0.0145. The summed E-state index contributed by atoms with van der Waals surface area (Å²) in [5.41, 5.74) is 3.04. The molecule has 0 bridgehead atoms. The van der Waals surface area contributed by atoms with Crippen LogP contribution in [0.1, 0.15) is 19.4 Å². The van der Waals surface area contributed by atoms with Crippen molar-refractivity contribution >= 4 is 34.2 Å². The molecule has 3 aromatic rings. The van der Waals surface area contributed by atoms with E-state index in [9.17, 15) is 4.79 Å². The predicted molar refractivity (Wildman–Crippen MR) is 89.2 cm³/mol. The number of carbonyl (C=O) groups is 1. The smallest absolute Gasteiger partial charge is 0.233 e. The van der Waals surface area contributed by atoms with Crippen molar-refractivity contribution in [2.24, 2.45) is 0 Å². The molecule has 0 spiro atoms. The van der Waals surface area contributed by atoms with Gasteiger partial charge in [0.05, 0.1) is 10.8 Å². The first-order valence-electron chi connectivity index (χ1n) is 7.29. The van der Waals surface area contributed by atoms with E-state index in [-0.39, 0.29) is 11.2 Å². The molecule has 114 valence electrons. The number of rotatable bonds is 4. The van der Waals surface area contributed by atoms with Gasteiger partial charge in [0, 0.05) is 11.9 Å². The lowest BCUT2D eigenvalue weighted by molar-refractivity contribution is -0.120. The molecule has 6 heteroatoms. The molecule has 0 aliphatic heterocycles. The number of nitrogens with one attached hydrogen (secondary N) is 1. The maximum absolute atomic E-state index is 11.9. The number of hydrogen-bond acceptors (Lipinski definition) is 4. The Labute approximate surface area is 133 Å². The van der Waals surface area contributed by atoms with Crippen LogP contribution >= 0.6 is 11.8 Å². The summed E-state index contributed by atoms with van der Waals surface area (Å²) in [6.07, 6.45) is 0. The Hall–Kier alpha value is -2.08. The standard InChI is InChI=1S/C16H18N4OS/c1-4-17-15(21)11(3)22-16-19-18-14-9-10(2)12-7-5-6-8-13(12)20(14)16/h5-9,11H,4H2,1-3H3,(H,17,21). The van der Waals surface area contributed by atoms with Gasteiger partial charge in [-0.1, -0.05) is 30.0 Å². The van der Waals surface area contributed by atoms with E-state index in [1.54, 1.807) is 0 Å². The summed E-state index contributed by atoms with van der Waals surface area (Å²) in [6.45, 7) is 6.50. The Morgan fingerprint density at radius 2 is 2.14 bits per heavy atom. The maximum atomic E-state index is 11.9. The average Bonchev–Trinajstić information content (AvgIpc) is 2.90. The van der Waals surface area contributed by atoms with Crippen molar-refractivity contribution in [2.45, 2.75) is 31.2 Å². The van der Waals surface area contributed by atoms with E-state index in [1.807, 2.05) is 36.4 Å². The van der Waals surface area contributed by atoms with Crippen molar-refractivity contribution in [3.8, 4) is 0 Å². The summed E-state index contributed by atoms with van der Waals surface area (Å²) < 4.78 is 2.02. The van der Waals surface area contributed by atoms with Crippen LogP contribution < -0.4 is 5.32 Å². The van der Waals surface area contributed by atoms with Crippen molar-refractivity contribution in [1.82, 2.24) is 19.9 Å². The summed E-state index contributed by atoms with van der Waals surface area (Å²) in [4.78, 5) is 11.9. The second kappa shape index (κ2) is 5.96. The van der Waals surface area contributed by atoms with E-state index in [4.69, 9.17) is 0 Å². The Balaban J connectivity index is 2.08. The normalized spacial score (nSPS) is 12.7. The first kappa shape index (κ1) is 14.8. The van der Waals surface area contributed by atoms with Gasteiger partial charge in [-0.3, -0.25) is 9.20 Å². The average molecular weight is 314 g/mol. The number of nitrogens with zero attached hydrogens (tertiary/aromatic N) is 3. The zero-order valence-corrected chi connectivity index (χ0v) is 13.6. The third-order valence-corrected chi connectivity index (χ3v) is 4.62. The molecule has 1 aromatic carbocycles. The molecule has 5 nitrogen and oxygen atoms in total. The second-order valence-electron chi connectivity index (χ2n) is 5.18. The zero-order valence-electron chi connectivity index (χ0n) is 12.8. The Bertz CT molecular complexity index is 843. The van der Waals surface area contributed by atoms with E-state index >= 15 is 0 Å². The van der Waals surface area contributed by atoms with Crippen molar-refractivity contribution in [3.05, 3.63) is 35.9 Å².